The first kappa shape index (κ1) is 16.8. The van der Waals surface area contributed by atoms with Crippen molar-refractivity contribution in [1.29, 1.82) is 0 Å². The summed E-state index contributed by atoms with van der Waals surface area (Å²) >= 11 is 0. The van der Waals surface area contributed by atoms with Gasteiger partial charge in [-0.1, -0.05) is 42.5 Å². The molecular weight excluding hydrogens is 316 g/mol. The minimum Gasteiger partial charge on any atom is -0.507 e. The summed E-state index contributed by atoms with van der Waals surface area (Å²) in [5.74, 6) is -0.277. The second kappa shape index (κ2) is 7.66. The first-order chi connectivity index (χ1) is 12.1. The van der Waals surface area contributed by atoms with Crippen molar-refractivity contribution >= 4 is 17.9 Å². The zero-order valence-electron chi connectivity index (χ0n) is 13.8. The SMILES string of the molecule is O=C(/C=C/c1ccccc1)N1CCN(C(=O)c2ccccc2O)CC1. The van der Waals surface area contributed by atoms with Gasteiger partial charge in [0.1, 0.15) is 5.75 Å². The molecule has 0 aromatic heterocycles. The number of phenols is 1. The lowest BCUT2D eigenvalue weighted by molar-refractivity contribution is -0.127. The smallest absolute Gasteiger partial charge is 0.257 e. The third kappa shape index (κ3) is 4.07. The summed E-state index contributed by atoms with van der Waals surface area (Å²) in [5, 5.41) is 9.81. The van der Waals surface area contributed by atoms with Crippen molar-refractivity contribution in [2.24, 2.45) is 0 Å². The number of hydrogen-bond donors (Lipinski definition) is 1. The van der Waals surface area contributed by atoms with Gasteiger partial charge in [-0.05, 0) is 23.8 Å². The van der Waals surface area contributed by atoms with Crippen LogP contribution in [0.5, 0.6) is 5.75 Å². The molecule has 1 aliphatic rings. The maximum absolute atomic E-state index is 12.5. The van der Waals surface area contributed by atoms with E-state index in [0.717, 1.165) is 5.56 Å². The van der Waals surface area contributed by atoms with Crippen molar-refractivity contribution in [2.75, 3.05) is 26.2 Å². The van der Waals surface area contributed by atoms with Crippen molar-refractivity contribution in [3.63, 3.8) is 0 Å². The van der Waals surface area contributed by atoms with Gasteiger partial charge in [0.25, 0.3) is 5.91 Å². The zero-order chi connectivity index (χ0) is 17.6. The normalized spacial score (nSPS) is 14.7. The van der Waals surface area contributed by atoms with E-state index in [4.69, 9.17) is 0 Å². The lowest BCUT2D eigenvalue weighted by Gasteiger charge is -2.34. The summed E-state index contributed by atoms with van der Waals surface area (Å²) in [7, 11) is 0. The van der Waals surface area contributed by atoms with E-state index in [-0.39, 0.29) is 17.6 Å². The van der Waals surface area contributed by atoms with Crippen LogP contribution in [0.25, 0.3) is 6.08 Å². The molecule has 0 aliphatic carbocycles. The Kier molecular flexibility index (Phi) is 5.14. The molecule has 2 aromatic rings. The number of carbonyl (C=O) groups is 2. The van der Waals surface area contributed by atoms with Gasteiger partial charge in [0.15, 0.2) is 0 Å². The molecule has 0 saturated carbocycles. The van der Waals surface area contributed by atoms with Gasteiger partial charge < -0.3 is 14.9 Å². The summed E-state index contributed by atoms with van der Waals surface area (Å²) in [6.45, 7) is 1.88. The monoisotopic (exact) mass is 336 g/mol. The van der Waals surface area contributed by atoms with E-state index >= 15 is 0 Å². The summed E-state index contributed by atoms with van der Waals surface area (Å²) in [5.41, 5.74) is 1.27. The van der Waals surface area contributed by atoms with Crippen molar-refractivity contribution in [3.05, 3.63) is 71.8 Å². The van der Waals surface area contributed by atoms with E-state index in [9.17, 15) is 14.7 Å². The Labute approximate surface area is 146 Å². The van der Waals surface area contributed by atoms with Crippen LogP contribution in [0.4, 0.5) is 0 Å². The maximum Gasteiger partial charge on any atom is 0.257 e. The standard InChI is InChI=1S/C20H20N2O3/c23-18-9-5-4-8-17(18)20(25)22-14-12-21(13-15-22)19(24)11-10-16-6-2-1-3-7-16/h1-11,23H,12-15H2/b11-10+. The van der Waals surface area contributed by atoms with Crippen LogP contribution in [0.3, 0.4) is 0 Å². The summed E-state index contributed by atoms with van der Waals surface area (Å²) < 4.78 is 0. The highest BCUT2D eigenvalue weighted by Crippen LogP contribution is 2.18. The van der Waals surface area contributed by atoms with E-state index in [1.54, 1.807) is 40.2 Å². The first-order valence-corrected chi connectivity index (χ1v) is 8.24. The highest BCUT2D eigenvalue weighted by atomic mass is 16.3. The Morgan fingerprint density at radius 2 is 1.44 bits per heavy atom. The molecule has 128 valence electrons. The molecule has 5 nitrogen and oxygen atoms in total. The largest absolute Gasteiger partial charge is 0.507 e. The van der Waals surface area contributed by atoms with Crippen LogP contribution in [0.15, 0.2) is 60.7 Å². The number of rotatable bonds is 3. The molecule has 1 saturated heterocycles. The molecule has 1 fully saturated rings. The molecule has 3 rings (SSSR count). The quantitative estimate of drug-likeness (QED) is 0.876. The Bertz CT molecular complexity index is 779. The van der Waals surface area contributed by atoms with Crippen LogP contribution >= 0.6 is 0 Å². The third-order valence-corrected chi connectivity index (χ3v) is 4.23. The van der Waals surface area contributed by atoms with E-state index in [1.165, 1.54) is 6.07 Å². The van der Waals surface area contributed by atoms with Gasteiger partial charge in [-0.3, -0.25) is 9.59 Å². The second-order valence-corrected chi connectivity index (χ2v) is 5.88. The lowest BCUT2D eigenvalue weighted by atomic mass is 10.1. The highest BCUT2D eigenvalue weighted by Gasteiger charge is 2.25. The fourth-order valence-electron chi connectivity index (χ4n) is 2.79. The molecule has 0 bridgehead atoms. The second-order valence-electron chi connectivity index (χ2n) is 5.88. The van der Waals surface area contributed by atoms with Crippen molar-refractivity contribution in [3.8, 4) is 5.75 Å². The molecule has 2 amide bonds. The Morgan fingerprint density at radius 3 is 2.12 bits per heavy atom. The van der Waals surface area contributed by atoms with Crippen LogP contribution in [0, 0.1) is 0 Å². The van der Waals surface area contributed by atoms with Gasteiger partial charge in [0.05, 0.1) is 5.56 Å². The summed E-state index contributed by atoms with van der Waals surface area (Å²) in [4.78, 5) is 28.1. The molecule has 5 heteroatoms. The minimum absolute atomic E-state index is 0.0169. The Balaban J connectivity index is 1.56. The van der Waals surface area contributed by atoms with Crippen LogP contribution in [0.2, 0.25) is 0 Å². The Morgan fingerprint density at radius 1 is 0.840 bits per heavy atom. The predicted octanol–water partition coefficient (Wildman–Crippen LogP) is 2.39. The molecule has 1 heterocycles. The van der Waals surface area contributed by atoms with Crippen molar-refractivity contribution in [1.82, 2.24) is 9.80 Å². The van der Waals surface area contributed by atoms with E-state index < -0.39 is 0 Å². The van der Waals surface area contributed by atoms with Gasteiger partial charge in [0, 0.05) is 32.3 Å². The number of phenolic OH excluding ortho intramolecular Hbond substituents is 1. The number of para-hydroxylation sites is 1. The number of benzene rings is 2. The highest BCUT2D eigenvalue weighted by molar-refractivity contribution is 5.97. The maximum atomic E-state index is 12.5. The number of hydrogen-bond acceptors (Lipinski definition) is 3. The lowest BCUT2D eigenvalue weighted by Crippen LogP contribution is -2.50. The fraction of sp³-hybridized carbons (Fsp3) is 0.200. The van der Waals surface area contributed by atoms with Crippen molar-refractivity contribution in [2.45, 2.75) is 0 Å². The molecule has 0 spiro atoms. The number of aromatic hydroxyl groups is 1. The number of piperazine rings is 1. The van der Waals surface area contributed by atoms with E-state index in [0.29, 0.717) is 31.7 Å². The first-order valence-electron chi connectivity index (χ1n) is 8.24. The van der Waals surface area contributed by atoms with Crippen molar-refractivity contribution < 1.29 is 14.7 Å². The summed E-state index contributed by atoms with van der Waals surface area (Å²) in [6.07, 6.45) is 3.36. The van der Waals surface area contributed by atoms with Gasteiger partial charge in [-0.15, -0.1) is 0 Å². The molecule has 0 unspecified atom stereocenters. The van der Waals surface area contributed by atoms with Crippen LogP contribution in [-0.2, 0) is 4.79 Å². The number of amides is 2. The predicted molar refractivity (Wildman–Crippen MR) is 96.1 cm³/mol. The Hall–Kier alpha value is -3.08. The summed E-state index contributed by atoms with van der Waals surface area (Å²) in [6, 6.07) is 16.2. The zero-order valence-corrected chi connectivity index (χ0v) is 13.8. The average Bonchev–Trinajstić information content (AvgIpc) is 2.67. The molecule has 25 heavy (non-hydrogen) atoms. The third-order valence-electron chi connectivity index (χ3n) is 4.23. The van der Waals surface area contributed by atoms with Gasteiger partial charge in [-0.25, -0.2) is 0 Å². The van der Waals surface area contributed by atoms with Crippen LogP contribution < -0.4 is 0 Å². The number of nitrogens with zero attached hydrogens (tertiary/aromatic N) is 2. The van der Waals surface area contributed by atoms with Crippen LogP contribution in [0.1, 0.15) is 15.9 Å². The van der Waals surface area contributed by atoms with Gasteiger partial charge >= 0.3 is 0 Å². The number of carbonyl (C=O) groups excluding carboxylic acids is 2. The molecular formula is C20H20N2O3. The molecule has 0 radical (unpaired) electrons. The van der Waals surface area contributed by atoms with Gasteiger partial charge in [-0.2, -0.15) is 0 Å². The van der Waals surface area contributed by atoms with E-state index in [2.05, 4.69) is 0 Å². The fourth-order valence-corrected chi connectivity index (χ4v) is 2.79. The van der Waals surface area contributed by atoms with E-state index in [1.807, 2.05) is 30.3 Å². The van der Waals surface area contributed by atoms with Crippen LogP contribution in [-0.4, -0.2) is 52.9 Å². The average molecular weight is 336 g/mol. The molecule has 0 atom stereocenters. The molecule has 1 N–H and O–H groups in total. The molecule has 1 aliphatic heterocycles. The minimum atomic E-state index is -0.204. The van der Waals surface area contributed by atoms with Gasteiger partial charge in [0.2, 0.25) is 5.91 Å². The molecule has 2 aromatic carbocycles. The topological polar surface area (TPSA) is 60.9 Å².